The molecule has 2 N–H and O–H groups in total. The van der Waals surface area contributed by atoms with Gasteiger partial charge in [-0.3, -0.25) is 14.5 Å². The highest BCUT2D eigenvalue weighted by Crippen LogP contribution is 2.35. The zero-order chi connectivity index (χ0) is 36.9. The Morgan fingerprint density at radius 3 is 2.27 bits per heavy atom. The molecular formula is C38H38F5N3O5. The fourth-order valence-electron chi connectivity index (χ4n) is 5.82. The van der Waals surface area contributed by atoms with Crippen LogP contribution < -0.4 is 14.8 Å². The summed E-state index contributed by atoms with van der Waals surface area (Å²) in [5, 5.41) is 12.8. The third-order valence-corrected chi connectivity index (χ3v) is 8.55. The molecule has 0 unspecified atom stereocenters. The summed E-state index contributed by atoms with van der Waals surface area (Å²) in [6.07, 6.45) is -5.20. The van der Waals surface area contributed by atoms with Gasteiger partial charge in [0.1, 0.15) is 29.2 Å². The van der Waals surface area contributed by atoms with Crippen LogP contribution in [0.2, 0.25) is 0 Å². The molecule has 0 bridgehead atoms. The lowest BCUT2D eigenvalue weighted by Gasteiger charge is -2.38. The highest BCUT2D eigenvalue weighted by Gasteiger charge is 2.35. The largest absolute Gasteiger partial charge is 0.486 e. The molecule has 0 saturated carbocycles. The topological polar surface area (TPSA) is 91.3 Å². The lowest BCUT2D eigenvalue weighted by molar-refractivity contribution is -0.137. The number of nitrogens with one attached hydrogen (secondary N) is 1. The first kappa shape index (κ1) is 37.3. The molecule has 5 rings (SSSR count). The Labute approximate surface area is 292 Å². The fraction of sp³-hybridized carbons (Fsp3) is 0.316. The van der Waals surface area contributed by atoms with E-state index in [1.807, 2.05) is 31.0 Å². The summed E-state index contributed by atoms with van der Waals surface area (Å²) in [6.45, 7) is 4.56. The van der Waals surface area contributed by atoms with Crippen LogP contribution in [0.25, 0.3) is 0 Å². The Morgan fingerprint density at radius 1 is 1.00 bits per heavy atom. The van der Waals surface area contributed by atoms with Crippen molar-refractivity contribution in [3.8, 4) is 17.2 Å². The molecule has 13 heteroatoms. The Morgan fingerprint density at radius 2 is 1.65 bits per heavy atom. The number of amides is 2. The van der Waals surface area contributed by atoms with Crippen LogP contribution in [0.4, 0.5) is 27.6 Å². The number of aliphatic hydroxyl groups is 1. The lowest BCUT2D eigenvalue weighted by atomic mass is 9.98. The van der Waals surface area contributed by atoms with Crippen molar-refractivity contribution in [1.29, 1.82) is 0 Å². The van der Waals surface area contributed by atoms with Crippen molar-refractivity contribution in [1.82, 2.24) is 9.80 Å². The van der Waals surface area contributed by atoms with Gasteiger partial charge in [-0.25, -0.2) is 8.78 Å². The van der Waals surface area contributed by atoms with Crippen molar-refractivity contribution in [2.75, 3.05) is 32.1 Å². The number of likely N-dealkylation sites (N-methyl/N-ethyl adjacent to an activating group) is 1. The number of alkyl halides is 3. The number of aliphatic hydroxyl groups excluding tert-OH is 1. The van der Waals surface area contributed by atoms with Crippen molar-refractivity contribution in [3.05, 3.63) is 119 Å². The van der Waals surface area contributed by atoms with Crippen molar-refractivity contribution in [3.63, 3.8) is 0 Å². The average molecular weight is 712 g/mol. The van der Waals surface area contributed by atoms with Gasteiger partial charge in [0.15, 0.2) is 5.75 Å². The molecule has 0 saturated heterocycles. The predicted molar refractivity (Wildman–Crippen MR) is 181 cm³/mol. The third-order valence-electron chi connectivity index (χ3n) is 8.55. The predicted octanol–water partition coefficient (Wildman–Crippen LogP) is 7.31. The number of para-hydroxylation sites is 1. The van der Waals surface area contributed by atoms with Gasteiger partial charge in [-0.05, 0) is 61.5 Å². The number of halogens is 5. The second kappa shape index (κ2) is 15.9. The SMILES string of the molecule is C[C@@H]1CN([C@@H](C)CO)C(=O)c2cccc(NC(=O)Cc3ccc(C(F)(F)F)cc3)c2O[C@@H]1CN(C)Cc1ccc(Oc2cc(F)cc(F)c2)cc1. The molecule has 51 heavy (non-hydrogen) atoms. The van der Waals surface area contributed by atoms with E-state index in [9.17, 15) is 36.6 Å². The van der Waals surface area contributed by atoms with Gasteiger partial charge in [0.25, 0.3) is 5.91 Å². The average Bonchev–Trinajstić information content (AvgIpc) is 3.06. The minimum absolute atomic E-state index is 0.0336. The van der Waals surface area contributed by atoms with Gasteiger partial charge in [-0.2, -0.15) is 13.2 Å². The summed E-state index contributed by atoms with van der Waals surface area (Å²) in [7, 11) is 1.90. The van der Waals surface area contributed by atoms with Gasteiger partial charge < -0.3 is 24.8 Å². The molecule has 3 atom stereocenters. The van der Waals surface area contributed by atoms with E-state index >= 15 is 0 Å². The van der Waals surface area contributed by atoms with E-state index in [1.54, 1.807) is 42.2 Å². The Balaban J connectivity index is 1.33. The first-order valence-corrected chi connectivity index (χ1v) is 16.3. The van der Waals surface area contributed by atoms with Crippen molar-refractivity contribution in [2.45, 2.75) is 45.1 Å². The van der Waals surface area contributed by atoms with Crippen LogP contribution in [0, 0.1) is 17.6 Å². The number of ether oxygens (including phenoxy) is 2. The maximum atomic E-state index is 13.8. The van der Waals surface area contributed by atoms with E-state index in [4.69, 9.17) is 9.47 Å². The van der Waals surface area contributed by atoms with Crippen LogP contribution in [0.15, 0.2) is 84.9 Å². The van der Waals surface area contributed by atoms with Crippen LogP contribution in [0.3, 0.4) is 0 Å². The number of carbonyl (C=O) groups excluding carboxylic acids is 2. The molecule has 0 spiro atoms. The quantitative estimate of drug-likeness (QED) is 0.159. The number of carbonyl (C=O) groups is 2. The van der Waals surface area contributed by atoms with Crippen LogP contribution in [-0.2, 0) is 23.9 Å². The number of nitrogens with zero attached hydrogens (tertiary/aromatic N) is 2. The molecule has 0 radical (unpaired) electrons. The maximum Gasteiger partial charge on any atom is 0.416 e. The number of benzene rings is 4. The molecule has 2 amide bonds. The van der Waals surface area contributed by atoms with E-state index < -0.39 is 41.4 Å². The molecule has 0 aliphatic carbocycles. The van der Waals surface area contributed by atoms with Crippen molar-refractivity contribution >= 4 is 17.5 Å². The zero-order valence-corrected chi connectivity index (χ0v) is 28.2. The molecule has 0 fully saturated rings. The number of hydrogen-bond donors (Lipinski definition) is 2. The van der Waals surface area contributed by atoms with Gasteiger partial charge >= 0.3 is 6.18 Å². The summed E-state index contributed by atoms with van der Waals surface area (Å²) in [5.41, 5.74) is 0.881. The van der Waals surface area contributed by atoms with E-state index in [0.717, 1.165) is 35.9 Å². The fourth-order valence-corrected chi connectivity index (χ4v) is 5.82. The Bertz CT molecular complexity index is 1820. The standard InChI is InChI=1S/C38H38F5N3O5/c1-23-19-46(24(2)22-47)37(49)32-5-4-6-33(44-35(48)15-25-7-11-27(12-8-25)38(41,42)43)36(32)51-34(23)21-45(3)20-26-9-13-30(14-10-26)50-31-17-28(39)16-29(40)18-31/h4-14,16-18,23-24,34,47H,15,19-22H2,1-3H3,(H,44,48)/t23-,24+,34-/m1/s1. The van der Waals surface area contributed by atoms with E-state index in [1.165, 1.54) is 12.1 Å². The minimum atomic E-state index is -4.50. The first-order valence-electron chi connectivity index (χ1n) is 16.3. The Hall–Kier alpha value is -5.01. The van der Waals surface area contributed by atoms with Crippen LogP contribution >= 0.6 is 0 Å². The molecule has 1 aliphatic rings. The molecule has 1 heterocycles. The van der Waals surface area contributed by atoms with Gasteiger partial charge in [0.05, 0.1) is 35.9 Å². The normalized spacial score (nSPS) is 16.9. The zero-order valence-electron chi connectivity index (χ0n) is 28.2. The van der Waals surface area contributed by atoms with Gasteiger partial charge in [0, 0.05) is 43.8 Å². The van der Waals surface area contributed by atoms with Gasteiger partial charge in [-0.15, -0.1) is 0 Å². The van der Waals surface area contributed by atoms with E-state index in [2.05, 4.69) is 5.32 Å². The maximum absolute atomic E-state index is 13.8. The summed E-state index contributed by atoms with van der Waals surface area (Å²) in [5.74, 6) is -2.03. The third kappa shape index (κ3) is 9.62. The van der Waals surface area contributed by atoms with Crippen LogP contribution in [0.5, 0.6) is 17.2 Å². The number of hydrogen-bond acceptors (Lipinski definition) is 6. The highest BCUT2D eigenvalue weighted by atomic mass is 19.4. The smallest absolute Gasteiger partial charge is 0.416 e. The van der Waals surface area contributed by atoms with Gasteiger partial charge in [-0.1, -0.05) is 37.3 Å². The molecule has 4 aromatic rings. The molecule has 4 aromatic carbocycles. The van der Waals surface area contributed by atoms with Crippen LogP contribution in [0.1, 0.15) is 40.9 Å². The Kier molecular flexibility index (Phi) is 11.6. The molecule has 8 nitrogen and oxygen atoms in total. The number of fused-ring (bicyclic) bond motifs is 1. The number of anilines is 1. The second-order valence-electron chi connectivity index (χ2n) is 12.8. The molecular weight excluding hydrogens is 673 g/mol. The second-order valence-corrected chi connectivity index (χ2v) is 12.8. The van der Waals surface area contributed by atoms with Crippen molar-refractivity contribution < 1.29 is 46.1 Å². The highest BCUT2D eigenvalue weighted by molar-refractivity contribution is 6.02. The summed E-state index contributed by atoms with van der Waals surface area (Å²) >= 11 is 0. The summed E-state index contributed by atoms with van der Waals surface area (Å²) in [6, 6.07) is 18.5. The summed E-state index contributed by atoms with van der Waals surface area (Å²) in [4.78, 5) is 30.5. The summed E-state index contributed by atoms with van der Waals surface area (Å²) < 4.78 is 78.3. The minimum Gasteiger partial charge on any atom is -0.486 e. The van der Waals surface area contributed by atoms with Crippen molar-refractivity contribution in [2.24, 2.45) is 5.92 Å². The molecule has 0 aromatic heterocycles. The van der Waals surface area contributed by atoms with Gasteiger partial charge in [0.2, 0.25) is 5.91 Å². The van der Waals surface area contributed by atoms with E-state index in [-0.39, 0.29) is 54.1 Å². The number of rotatable bonds is 11. The van der Waals surface area contributed by atoms with E-state index in [0.29, 0.717) is 24.4 Å². The lowest BCUT2D eigenvalue weighted by Crippen LogP contribution is -2.49. The molecule has 270 valence electrons. The monoisotopic (exact) mass is 711 g/mol. The van der Waals surface area contributed by atoms with Crippen LogP contribution in [-0.4, -0.2) is 65.6 Å². The first-order chi connectivity index (χ1) is 24.2. The molecule has 1 aliphatic heterocycles.